The molecule has 0 saturated heterocycles. The van der Waals surface area contributed by atoms with Gasteiger partial charge >= 0.3 is 0 Å². The maximum atomic E-state index is 6.05. The Hall–Kier alpha value is -0.570. The summed E-state index contributed by atoms with van der Waals surface area (Å²) in [7, 11) is 0. The maximum absolute atomic E-state index is 6.05. The number of unbranched alkanes of at least 4 members (excludes halogenated alkanes) is 1. The number of rotatable bonds is 7. The average molecular weight is 270 g/mol. The lowest BCUT2D eigenvalue weighted by Gasteiger charge is -2.20. The zero-order valence-electron chi connectivity index (χ0n) is 11.6. The summed E-state index contributed by atoms with van der Waals surface area (Å²) in [6.45, 7) is 8.98. The molecule has 0 saturated carbocycles. The first kappa shape index (κ1) is 15.5. The van der Waals surface area contributed by atoms with Crippen LogP contribution in [0.1, 0.15) is 39.2 Å². The van der Waals surface area contributed by atoms with Crippen molar-refractivity contribution >= 4 is 11.6 Å². The summed E-state index contributed by atoms with van der Waals surface area (Å²) in [5, 5.41) is 4.25. The minimum absolute atomic E-state index is 0.207. The normalized spacial score (nSPS) is 11.8. The predicted molar refractivity (Wildman–Crippen MR) is 78.1 cm³/mol. The van der Waals surface area contributed by atoms with E-state index in [0.29, 0.717) is 6.61 Å². The Kier molecular flexibility index (Phi) is 6.69. The highest BCUT2D eigenvalue weighted by molar-refractivity contribution is 6.31. The topological polar surface area (TPSA) is 21.3 Å². The van der Waals surface area contributed by atoms with Crippen LogP contribution in [0.2, 0.25) is 5.02 Å². The van der Waals surface area contributed by atoms with Gasteiger partial charge < -0.3 is 10.1 Å². The van der Waals surface area contributed by atoms with Crippen molar-refractivity contribution in [2.75, 3.05) is 13.2 Å². The molecule has 0 atom stereocenters. The number of halogens is 1. The fraction of sp³-hybridized carbons (Fsp3) is 0.600. The molecule has 0 fully saturated rings. The third kappa shape index (κ3) is 7.00. The van der Waals surface area contributed by atoms with Crippen molar-refractivity contribution in [3.8, 4) is 0 Å². The van der Waals surface area contributed by atoms with Gasteiger partial charge in [-0.1, -0.05) is 29.8 Å². The summed E-state index contributed by atoms with van der Waals surface area (Å²) >= 11 is 6.05. The van der Waals surface area contributed by atoms with Crippen LogP contribution in [-0.4, -0.2) is 18.7 Å². The van der Waals surface area contributed by atoms with Crippen molar-refractivity contribution in [1.82, 2.24) is 5.32 Å². The number of benzene rings is 1. The lowest BCUT2D eigenvalue weighted by atomic mass is 10.1. The Morgan fingerprint density at radius 3 is 2.56 bits per heavy atom. The molecule has 102 valence electrons. The monoisotopic (exact) mass is 269 g/mol. The van der Waals surface area contributed by atoms with Crippen LogP contribution in [-0.2, 0) is 11.3 Å². The molecule has 1 aromatic rings. The van der Waals surface area contributed by atoms with Crippen LogP contribution in [0.15, 0.2) is 24.3 Å². The summed E-state index contributed by atoms with van der Waals surface area (Å²) in [5.41, 5.74) is 1.27. The fourth-order valence-corrected chi connectivity index (χ4v) is 1.78. The molecule has 1 aromatic carbocycles. The largest absolute Gasteiger partial charge is 0.377 e. The molecular weight excluding hydrogens is 246 g/mol. The van der Waals surface area contributed by atoms with Crippen molar-refractivity contribution in [2.24, 2.45) is 0 Å². The first-order valence-electron chi connectivity index (χ1n) is 6.55. The quantitative estimate of drug-likeness (QED) is 0.755. The smallest absolute Gasteiger partial charge is 0.0731 e. The third-order valence-corrected chi connectivity index (χ3v) is 2.95. The molecule has 0 aromatic heterocycles. The molecule has 0 aliphatic heterocycles. The zero-order valence-corrected chi connectivity index (χ0v) is 12.4. The lowest BCUT2D eigenvalue weighted by molar-refractivity contribution is 0.117. The van der Waals surface area contributed by atoms with E-state index in [0.717, 1.165) is 36.6 Å². The molecule has 0 radical (unpaired) electrons. The Labute approximate surface area is 116 Å². The first-order valence-corrected chi connectivity index (χ1v) is 6.93. The molecule has 0 bridgehead atoms. The Balaban J connectivity index is 2.04. The molecule has 0 aliphatic carbocycles. The molecular formula is C15H24ClNO. The Morgan fingerprint density at radius 2 is 1.89 bits per heavy atom. The van der Waals surface area contributed by atoms with Crippen molar-refractivity contribution in [1.29, 1.82) is 0 Å². The molecule has 2 nitrogen and oxygen atoms in total. The lowest BCUT2D eigenvalue weighted by Crippen LogP contribution is -2.36. The van der Waals surface area contributed by atoms with Gasteiger partial charge in [-0.25, -0.2) is 0 Å². The van der Waals surface area contributed by atoms with Gasteiger partial charge in [0.05, 0.1) is 6.61 Å². The molecule has 18 heavy (non-hydrogen) atoms. The number of hydrogen-bond acceptors (Lipinski definition) is 2. The van der Waals surface area contributed by atoms with E-state index in [1.165, 1.54) is 0 Å². The van der Waals surface area contributed by atoms with Gasteiger partial charge in [0.25, 0.3) is 0 Å². The Morgan fingerprint density at radius 1 is 1.17 bits per heavy atom. The molecule has 0 amide bonds. The van der Waals surface area contributed by atoms with Gasteiger partial charge in [0, 0.05) is 17.2 Å². The van der Waals surface area contributed by atoms with Crippen LogP contribution in [0.3, 0.4) is 0 Å². The molecule has 3 heteroatoms. The summed E-state index contributed by atoms with van der Waals surface area (Å²) < 4.78 is 5.62. The highest BCUT2D eigenvalue weighted by atomic mass is 35.5. The third-order valence-electron chi connectivity index (χ3n) is 2.59. The van der Waals surface area contributed by atoms with Crippen molar-refractivity contribution < 1.29 is 4.74 Å². The summed E-state index contributed by atoms with van der Waals surface area (Å²) in [6, 6.07) is 7.82. The van der Waals surface area contributed by atoms with Crippen LogP contribution in [0.25, 0.3) is 0 Å². The zero-order chi connectivity index (χ0) is 13.4. The molecule has 1 rings (SSSR count). The number of nitrogens with one attached hydrogen (secondary N) is 1. The minimum Gasteiger partial charge on any atom is -0.377 e. The van der Waals surface area contributed by atoms with Crippen molar-refractivity contribution in [3.05, 3.63) is 34.9 Å². The summed E-state index contributed by atoms with van der Waals surface area (Å²) in [4.78, 5) is 0. The molecule has 0 unspecified atom stereocenters. The summed E-state index contributed by atoms with van der Waals surface area (Å²) in [6.07, 6.45) is 2.22. The fourth-order valence-electron chi connectivity index (χ4n) is 1.59. The van der Waals surface area contributed by atoms with Crippen LogP contribution in [0.5, 0.6) is 0 Å². The van der Waals surface area contributed by atoms with Gasteiger partial charge in [-0.2, -0.15) is 0 Å². The molecule has 1 N–H and O–H groups in total. The second-order valence-electron chi connectivity index (χ2n) is 5.53. The highest BCUT2D eigenvalue weighted by Crippen LogP contribution is 2.15. The second-order valence-corrected chi connectivity index (χ2v) is 5.94. The van der Waals surface area contributed by atoms with E-state index in [-0.39, 0.29) is 5.54 Å². The number of ether oxygens (including phenoxy) is 1. The van der Waals surface area contributed by atoms with E-state index < -0.39 is 0 Å². The first-order chi connectivity index (χ1) is 8.49. The van der Waals surface area contributed by atoms with Crippen LogP contribution >= 0.6 is 11.6 Å². The van der Waals surface area contributed by atoms with E-state index in [1.807, 2.05) is 24.3 Å². The van der Waals surface area contributed by atoms with Gasteiger partial charge in [-0.3, -0.25) is 0 Å². The SMILES string of the molecule is CC(C)(C)NCCCCOCc1ccccc1Cl. The van der Waals surface area contributed by atoms with Crippen LogP contribution < -0.4 is 5.32 Å². The van der Waals surface area contributed by atoms with E-state index in [2.05, 4.69) is 26.1 Å². The van der Waals surface area contributed by atoms with E-state index >= 15 is 0 Å². The van der Waals surface area contributed by atoms with Gasteiger partial charge in [-0.05, 0) is 51.8 Å². The van der Waals surface area contributed by atoms with Gasteiger partial charge in [0.15, 0.2) is 0 Å². The highest BCUT2D eigenvalue weighted by Gasteiger charge is 2.06. The molecule has 0 heterocycles. The number of hydrogen-bond donors (Lipinski definition) is 1. The van der Waals surface area contributed by atoms with Crippen LogP contribution in [0, 0.1) is 0 Å². The molecule has 0 spiro atoms. The van der Waals surface area contributed by atoms with E-state index in [1.54, 1.807) is 0 Å². The van der Waals surface area contributed by atoms with Crippen molar-refractivity contribution in [2.45, 2.75) is 45.8 Å². The second kappa shape index (κ2) is 7.78. The summed E-state index contributed by atoms with van der Waals surface area (Å²) in [5.74, 6) is 0. The van der Waals surface area contributed by atoms with Gasteiger partial charge in [0.2, 0.25) is 0 Å². The van der Waals surface area contributed by atoms with Crippen molar-refractivity contribution in [3.63, 3.8) is 0 Å². The molecule has 0 aliphatic rings. The van der Waals surface area contributed by atoms with Crippen LogP contribution in [0.4, 0.5) is 0 Å². The standard InChI is InChI=1S/C15H24ClNO/c1-15(2,3)17-10-6-7-11-18-12-13-8-4-5-9-14(13)16/h4-5,8-9,17H,6-7,10-12H2,1-3H3. The van der Waals surface area contributed by atoms with E-state index in [4.69, 9.17) is 16.3 Å². The van der Waals surface area contributed by atoms with Gasteiger partial charge in [0.1, 0.15) is 0 Å². The average Bonchev–Trinajstić information content (AvgIpc) is 2.28. The van der Waals surface area contributed by atoms with Gasteiger partial charge in [-0.15, -0.1) is 0 Å². The predicted octanol–water partition coefficient (Wildman–Crippen LogP) is 4.02. The van der Waals surface area contributed by atoms with E-state index in [9.17, 15) is 0 Å². The Bertz CT molecular complexity index is 347. The minimum atomic E-state index is 0.207. The maximum Gasteiger partial charge on any atom is 0.0731 e.